The van der Waals surface area contributed by atoms with Crippen LogP contribution in [0.4, 0.5) is 0 Å². The first kappa shape index (κ1) is 12.4. The van der Waals surface area contributed by atoms with Gasteiger partial charge in [0.25, 0.3) is 0 Å². The van der Waals surface area contributed by atoms with Gasteiger partial charge in [-0.2, -0.15) is 0 Å². The highest BCUT2D eigenvalue weighted by atomic mass is 79.9. The van der Waals surface area contributed by atoms with Crippen LogP contribution >= 0.6 is 15.9 Å². The van der Waals surface area contributed by atoms with Crippen molar-refractivity contribution >= 4 is 21.7 Å². The molecular weight excluding hydrogens is 304 g/mol. The van der Waals surface area contributed by atoms with Gasteiger partial charge in [0.05, 0.1) is 12.0 Å². The van der Waals surface area contributed by atoms with Crippen LogP contribution in [-0.4, -0.2) is 5.78 Å². The summed E-state index contributed by atoms with van der Waals surface area (Å²) in [5.41, 5.74) is 2.81. The summed E-state index contributed by atoms with van der Waals surface area (Å²) in [6.45, 7) is 1.98. The predicted octanol–water partition coefficient (Wildman–Crippen LogP) is 4.46. The van der Waals surface area contributed by atoms with Crippen molar-refractivity contribution in [2.45, 2.75) is 19.4 Å². The van der Waals surface area contributed by atoms with E-state index >= 15 is 0 Å². The minimum atomic E-state index is -0.184. The van der Waals surface area contributed by atoms with E-state index in [1.165, 1.54) is 0 Å². The van der Waals surface area contributed by atoms with Crippen molar-refractivity contribution < 1.29 is 9.53 Å². The summed E-state index contributed by atoms with van der Waals surface area (Å²) in [5.74, 6) is 0.840. The van der Waals surface area contributed by atoms with Crippen molar-refractivity contribution in [3.8, 4) is 5.75 Å². The van der Waals surface area contributed by atoms with Crippen molar-refractivity contribution in [2.75, 3.05) is 0 Å². The summed E-state index contributed by atoms with van der Waals surface area (Å²) in [4.78, 5) is 12.2. The molecule has 2 aromatic carbocycles. The molecule has 2 aromatic rings. The Morgan fingerprint density at radius 3 is 2.63 bits per heavy atom. The second-order valence-corrected chi connectivity index (χ2v) is 5.70. The Balaban J connectivity index is 1.95. The molecular formula is C16H13BrO2. The van der Waals surface area contributed by atoms with Gasteiger partial charge in [-0.1, -0.05) is 39.7 Å². The summed E-state index contributed by atoms with van der Waals surface area (Å²) in [6.07, 6.45) is 0.216. The third-order valence-corrected chi connectivity index (χ3v) is 3.85. The van der Waals surface area contributed by atoms with Gasteiger partial charge >= 0.3 is 0 Å². The normalized spacial score (nSPS) is 17.8. The smallest absolute Gasteiger partial charge is 0.170 e. The van der Waals surface area contributed by atoms with Gasteiger partial charge in [0, 0.05) is 4.47 Å². The first-order valence-corrected chi connectivity index (χ1v) is 6.99. The number of aryl methyl sites for hydroxylation is 1. The summed E-state index contributed by atoms with van der Waals surface area (Å²) in [6, 6.07) is 13.7. The molecule has 0 bridgehead atoms. The van der Waals surface area contributed by atoms with Crippen molar-refractivity contribution in [1.82, 2.24) is 0 Å². The van der Waals surface area contributed by atoms with E-state index < -0.39 is 0 Å². The average Bonchev–Trinajstić information content (AvgIpc) is 2.40. The molecule has 0 radical (unpaired) electrons. The SMILES string of the molecule is Cc1ccc2c(c1)C(=O)C[C@H](c1ccc(Br)cc1)O2. The second kappa shape index (κ2) is 4.82. The van der Waals surface area contributed by atoms with Crippen LogP contribution < -0.4 is 4.74 Å². The molecule has 0 aromatic heterocycles. The molecule has 1 aliphatic heterocycles. The quantitative estimate of drug-likeness (QED) is 0.776. The van der Waals surface area contributed by atoms with Crippen LogP contribution in [0.1, 0.15) is 34.0 Å². The number of carbonyl (C=O) groups excluding carboxylic acids is 1. The Labute approximate surface area is 120 Å². The second-order valence-electron chi connectivity index (χ2n) is 4.78. The van der Waals surface area contributed by atoms with Gasteiger partial charge < -0.3 is 4.74 Å². The fraction of sp³-hybridized carbons (Fsp3) is 0.188. The number of halogens is 1. The number of ether oxygens (including phenoxy) is 1. The Morgan fingerprint density at radius 1 is 1.16 bits per heavy atom. The molecule has 2 nitrogen and oxygen atoms in total. The molecule has 3 rings (SSSR count). The van der Waals surface area contributed by atoms with Crippen LogP contribution in [0.5, 0.6) is 5.75 Å². The molecule has 0 aliphatic carbocycles. The summed E-state index contributed by atoms with van der Waals surface area (Å²) in [5, 5.41) is 0. The van der Waals surface area contributed by atoms with E-state index in [-0.39, 0.29) is 11.9 Å². The standard InChI is InChI=1S/C16H13BrO2/c1-10-2-7-15-13(8-10)14(18)9-16(19-15)11-3-5-12(17)6-4-11/h2-8,16H,9H2,1H3/t16-/m1/s1. The highest BCUT2D eigenvalue weighted by Crippen LogP contribution is 2.35. The Kier molecular flexibility index (Phi) is 3.15. The molecule has 96 valence electrons. The van der Waals surface area contributed by atoms with Gasteiger partial charge in [-0.25, -0.2) is 0 Å². The lowest BCUT2D eigenvalue weighted by Gasteiger charge is -2.25. The molecule has 3 heteroatoms. The molecule has 1 heterocycles. The van der Waals surface area contributed by atoms with Gasteiger partial charge in [-0.05, 0) is 36.8 Å². The molecule has 0 N–H and O–H groups in total. The number of Topliss-reactive ketones (excluding diaryl/α,β-unsaturated/α-hetero) is 1. The topological polar surface area (TPSA) is 26.3 Å². The molecule has 0 unspecified atom stereocenters. The van der Waals surface area contributed by atoms with Gasteiger partial charge in [0.2, 0.25) is 0 Å². The lowest BCUT2D eigenvalue weighted by molar-refractivity contribution is 0.0850. The zero-order chi connectivity index (χ0) is 13.4. The Morgan fingerprint density at radius 2 is 1.89 bits per heavy atom. The van der Waals surface area contributed by atoms with E-state index in [9.17, 15) is 4.79 Å². The maximum atomic E-state index is 12.2. The van der Waals surface area contributed by atoms with E-state index in [2.05, 4.69) is 15.9 Å². The molecule has 0 spiro atoms. The summed E-state index contributed by atoms with van der Waals surface area (Å²) < 4.78 is 6.97. The van der Waals surface area contributed by atoms with Crippen LogP contribution in [-0.2, 0) is 0 Å². The predicted molar refractivity (Wildman–Crippen MR) is 77.6 cm³/mol. The van der Waals surface area contributed by atoms with E-state index in [0.717, 1.165) is 15.6 Å². The molecule has 1 aliphatic rings. The van der Waals surface area contributed by atoms with Crippen LogP contribution in [0.3, 0.4) is 0 Å². The zero-order valence-corrected chi connectivity index (χ0v) is 12.1. The summed E-state index contributed by atoms with van der Waals surface area (Å²) >= 11 is 3.41. The third-order valence-electron chi connectivity index (χ3n) is 3.32. The first-order chi connectivity index (χ1) is 9.13. The Hall–Kier alpha value is -1.61. The molecule has 0 fully saturated rings. The van der Waals surface area contributed by atoms with Crippen molar-refractivity contribution in [1.29, 1.82) is 0 Å². The maximum absolute atomic E-state index is 12.2. The highest BCUT2D eigenvalue weighted by Gasteiger charge is 2.27. The highest BCUT2D eigenvalue weighted by molar-refractivity contribution is 9.10. The molecule has 0 saturated heterocycles. The maximum Gasteiger partial charge on any atom is 0.170 e. The van der Waals surface area contributed by atoms with Gasteiger partial charge in [0.15, 0.2) is 5.78 Å². The third kappa shape index (κ3) is 2.43. The number of hydrogen-bond donors (Lipinski definition) is 0. The van der Waals surface area contributed by atoms with Crippen LogP contribution in [0, 0.1) is 6.92 Å². The van der Waals surface area contributed by atoms with Gasteiger partial charge in [0.1, 0.15) is 11.9 Å². The van der Waals surface area contributed by atoms with E-state index in [0.29, 0.717) is 17.7 Å². The fourth-order valence-electron chi connectivity index (χ4n) is 2.30. The number of ketones is 1. The van der Waals surface area contributed by atoms with Crippen LogP contribution in [0.2, 0.25) is 0 Å². The minimum absolute atomic E-state index is 0.151. The van der Waals surface area contributed by atoms with Crippen molar-refractivity contribution in [3.05, 3.63) is 63.6 Å². The number of rotatable bonds is 1. The minimum Gasteiger partial charge on any atom is -0.484 e. The molecule has 0 amide bonds. The Bertz CT molecular complexity index is 632. The fourth-order valence-corrected chi connectivity index (χ4v) is 2.57. The van der Waals surface area contributed by atoms with Crippen LogP contribution in [0.15, 0.2) is 46.9 Å². The number of carbonyl (C=O) groups is 1. The van der Waals surface area contributed by atoms with E-state index in [1.54, 1.807) is 0 Å². The van der Waals surface area contributed by atoms with Gasteiger partial charge in [-0.15, -0.1) is 0 Å². The monoisotopic (exact) mass is 316 g/mol. The first-order valence-electron chi connectivity index (χ1n) is 6.19. The van der Waals surface area contributed by atoms with Crippen LogP contribution in [0.25, 0.3) is 0 Å². The lowest BCUT2D eigenvalue weighted by atomic mass is 9.95. The zero-order valence-electron chi connectivity index (χ0n) is 10.5. The molecule has 0 saturated carbocycles. The molecule has 19 heavy (non-hydrogen) atoms. The molecule has 1 atom stereocenters. The summed E-state index contributed by atoms with van der Waals surface area (Å²) in [7, 11) is 0. The lowest BCUT2D eigenvalue weighted by Crippen LogP contribution is -2.20. The van der Waals surface area contributed by atoms with E-state index in [1.807, 2.05) is 49.4 Å². The number of benzene rings is 2. The largest absolute Gasteiger partial charge is 0.484 e. The number of hydrogen-bond acceptors (Lipinski definition) is 2. The van der Waals surface area contributed by atoms with Gasteiger partial charge in [-0.3, -0.25) is 4.79 Å². The average molecular weight is 317 g/mol. The number of fused-ring (bicyclic) bond motifs is 1. The van der Waals surface area contributed by atoms with E-state index in [4.69, 9.17) is 4.74 Å². The van der Waals surface area contributed by atoms with Crippen molar-refractivity contribution in [2.24, 2.45) is 0 Å². The van der Waals surface area contributed by atoms with Crippen molar-refractivity contribution in [3.63, 3.8) is 0 Å².